The number of hydrogen-bond donors (Lipinski definition) is 2. The summed E-state index contributed by atoms with van der Waals surface area (Å²) < 4.78 is 0. The van der Waals surface area contributed by atoms with Gasteiger partial charge in [-0.1, -0.05) is 60.1 Å². The van der Waals surface area contributed by atoms with Crippen LogP contribution in [0.2, 0.25) is 5.02 Å². The Balaban J connectivity index is 1.29. The van der Waals surface area contributed by atoms with Gasteiger partial charge in [0.15, 0.2) is 0 Å². The second kappa shape index (κ2) is 8.86. The summed E-state index contributed by atoms with van der Waals surface area (Å²) in [7, 11) is 0. The molecule has 4 nitrogen and oxygen atoms in total. The third-order valence-electron chi connectivity index (χ3n) is 5.04. The van der Waals surface area contributed by atoms with Crippen molar-refractivity contribution in [2.75, 3.05) is 13.1 Å². The van der Waals surface area contributed by atoms with Crippen molar-refractivity contribution in [1.29, 1.82) is 0 Å². The molecule has 1 amide bonds. The molecule has 1 aliphatic heterocycles. The number of quaternary nitrogens is 1. The van der Waals surface area contributed by atoms with Crippen LogP contribution in [0.5, 0.6) is 0 Å². The summed E-state index contributed by atoms with van der Waals surface area (Å²) in [6.45, 7) is 3.08. The van der Waals surface area contributed by atoms with Crippen LogP contribution in [0.15, 0.2) is 60.0 Å². The summed E-state index contributed by atoms with van der Waals surface area (Å²) >= 11 is 7.77. The zero-order valence-electron chi connectivity index (χ0n) is 15.5. The number of benzene rings is 2. The van der Waals surface area contributed by atoms with Gasteiger partial charge in [0.1, 0.15) is 11.6 Å². The van der Waals surface area contributed by atoms with Crippen molar-refractivity contribution in [1.82, 2.24) is 10.3 Å². The second-order valence-electron chi connectivity index (χ2n) is 7.22. The Kier molecular flexibility index (Phi) is 6.05. The van der Waals surface area contributed by atoms with E-state index in [-0.39, 0.29) is 11.9 Å². The van der Waals surface area contributed by atoms with Crippen molar-refractivity contribution < 1.29 is 9.69 Å². The smallest absolute Gasteiger partial charge is 0.226 e. The number of amides is 1. The highest BCUT2D eigenvalue weighted by molar-refractivity contribution is 7.13. The highest BCUT2D eigenvalue weighted by Gasteiger charge is 2.27. The van der Waals surface area contributed by atoms with Gasteiger partial charge in [-0.15, -0.1) is 11.3 Å². The second-order valence-corrected chi connectivity index (χ2v) is 8.49. The average molecular weight is 413 g/mol. The fourth-order valence-corrected chi connectivity index (χ4v) is 4.83. The van der Waals surface area contributed by atoms with E-state index in [4.69, 9.17) is 11.6 Å². The monoisotopic (exact) mass is 412 g/mol. The number of rotatable bonds is 6. The van der Waals surface area contributed by atoms with Crippen LogP contribution in [0.1, 0.15) is 17.7 Å². The molecule has 2 N–H and O–H groups in total. The van der Waals surface area contributed by atoms with Crippen LogP contribution in [0.25, 0.3) is 10.6 Å². The molecule has 1 aliphatic rings. The standard InChI is InChI=1S/C22H22ClN3OS/c23-20-9-5-4-8-19(20)22-25-18(15-28-22)12-21(27)24-17-10-11-26(14-17)13-16-6-2-1-3-7-16/h1-9,15,17H,10-14H2,(H,24,27)/p+1/t17-/m1/s1. The van der Waals surface area contributed by atoms with Crippen molar-refractivity contribution >= 4 is 28.8 Å². The van der Waals surface area contributed by atoms with Crippen molar-refractivity contribution in [3.8, 4) is 10.6 Å². The van der Waals surface area contributed by atoms with Crippen LogP contribution >= 0.6 is 22.9 Å². The molecule has 0 bridgehead atoms. The molecule has 0 aliphatic carbocycles. The Hall–Kier alpha value is -2.21. The highest BCUT2D eigenvalue weighted by atomic mass is 35.5. The molecule has 0 saturated carbocycles. The Morgan fingerprint density at radius 1 is 1.18 bits per heavy atom. The molecule has 0 spiro atoms. The maximum Gasteiger partial charge on any atom is 0.226 e. The minimum absolute atomic E-state index is 0.0435. The Morgan fingerprint density at radius 2 is 1.96 bits per heavy atom. The van der Waals surface area contributed by atoms with Gasteiger partial charge in [-0.2, -0.15) is 0 Å². The Morgan fingerprint density at radius 3 is 2.79 bits per heavy atom. The number of carbonyl (C=O) groups is 1. The van der Waals surface area contributed by atoms with Gasteiger partial charge < -0.3 is 10.2 Å². The van der Waals surface area contributed by atoms with Gasteiger partial charge >= 0.3 is 0 Å². The molecule has 2 aromatic carbocycles. The van der Waals surface area contributed by atoms with E-state index in [1.807, 2.05) is 35.7 Å². The minimum atomic E-state index is 0.0435. The lowest BCUT2D eigenvalue weighted by Crippen LogP contribution is -3.09. The average Bonchev–Trinajstić information content (AvgIpc) is 3.32. The lowest BCUT2D eigenvalue weighted by molar-refractivity contribution is -0.901. The predicted octanol–water partition coefficient (Wildman–Crippen LogP) is 2.98. The third-order valence-corrected chi connectivity index (χ3v) is 6.30. The van der Waals surface area contributed by atoms with Crippen molar-refractivity contribution in [3.63, 3.8) is 0 Å². The molecule has 0 radical (unpaired) electrons. The number of hydrogen-bond acceptors (Lipinski definition) is 3. The molecular weight excluding hydrogens is 390 g/mol. The summed E-state index contributed by atoms with van der Waals surface area (Å²) in [6, 6.07) is 18.4. The molecule has 1 unspecified atom stereocenters. The maximum absolute atomic E-state index is 12.5. The first-order chi connectivity index (χ1) is 13.7. The van der Waals surface area contributed by atoms with E-state index in [0.717, 1.165) is 42.3 Å². The maximum atomic E-state index is 12.5. The molecule has 1 aromatic heterocycles. The van der Waals surface area contributed by atoms with Crippen molar-refractivity contribution in [3.05, 3.63) is 76.3 Å². The van der Waals surface area contributed by atoms with E-state index in [2.05, 4.69) is 34.6 Å². The summed E-state index contributed by atoms with van der Waals surface area (Å²) in [5.74, 6) is 0.0435. The van der Waals surface area contributed by atoms with E-state index >= 15 is 0 Å². The summed E-state index contributed by atoms with van der Waals surface area (Å²) in [4.78, 5) is 18.6. The molecule has 28 heavy (non-hydrogen) atoms. The number of halogens is 1. The van der Waals surface area contributed by atoms with Gasteiger partial charge in [-0.25, -0.2) is 4.98 Å². The van der Waals surface area contributed by atoms with Gasteiger partial charge in [-0.3, -0.25) is 4.79 Å². The van der Waals surface area contributed by atoms with E-state index in [1.54, 1.807) is 0 Å². The first-order valence-corrected chi connectivity index (χ1v) is 10.8. The molecular formula is C22H23ClN3OS+. The topological polar surface area (TPSA) is 46.4 Å². The fourth-order valence-electron chi connectivity index (χ4n) is 3.69. The van der Waals surface area contributed by atoms with Crippen molar-refractivity contribution in [2.45, 2.75) is 25.4 Å². The lowest BCUT2D eigenvalue weighted by atomic mass is 10.2. The SMILES string of the molecule is O=C(Cc1csc(-c2ccccc2Cl)n1)N[C@@H]1CC[NH+](Cc2ccccc2)C1. The van der Waals surface area contributed by atoms with E-state index in [0.29, 0.717) is 11.4 Å². The zero-order chi connectivity index (χ0) is 19.3. The number of nitrogens with zero attached hydrogens (tertiary/aromatic N) is 1. The minimum Gasteiger partial charge on any atom is -0.347 e. The highest BCUT2D eigenvalue weighted by Crippen LogP contribution is 2.30. The summed E-state index contributed by atoms with van der Waals surface area (Å²) in [5, 5.41) is 6.66. The quantitative estimate of drug-likeness (QED) is 0.653. The molecule has 6 heteroatoms. The van der Waals surface area contributed by atoms with Crippen molar-refractivity contribution in [2.24, 2.45) is 0 Å². The number of likely N-dealkylation sites (tertiary alicyclic amines) is 1. The van der Waals surface area contributed by atoms with Crippen LogP contribution in [0.4, 0.5) is 0 Å². The van der Waals surface area contributed by atoms with Crippen LogP contribution in [-0.2, 0) is 17.8 Å². The first-order valence-electron chi connectivity index (χ1n) is 9.53. The lowest BCUT2D eigenvalue weighted by Gasteiger charge is -2.14. The van der Waals surface area contributed by atoms with E-state index in [1.165, 1.54) is 21.8 Å². The summed E-state index contributed by atoms with van der Waals surface area (Å²) in [6.07, 6.45) is 1.33. The molecule has 3 aromatic rings. The number of aromatic nitrogens is 1. The largest absolute Gasteiger partial charge is 0.347 e. The number of thiazole rings is 1. The molecule has 2 atom stereocenters. The van der Waals surface area contributed by atoms with Gasteiger partial charge in [0, 0.05) is 22.9 Å². The van der Waals surface area contributed by atoms with Gasteiger partial charge in [0.05, 0.1) is 36.3 Å². The number of nitrogens with one attached hydrogen (secondary N) is 2. The van der Waals surface area contributed by atoms with Gasteiger partial charge in [-0.05, 0) is 6.07 Å². The molecule has 2 heterocycles. The molecule has 144 valence electrons. The van der Waals surface area contributed by atoms with Crippen LogP contribution < -0.4 is 10.2 Å². The van der Waals surface area contributed by atoms with Gasteiger partial charge in [0.2, 0.25) is 5.91 Å². The van der Waals surface area contributed by atoms with Crippen LogP contribution in [0.3, 0.4) is 0 Å². The van der Waals surface area contributed by atoms with Gasteiger partial charge in [0.25, 0.3) is 0 Å². The van der Waals surface area contributed by atoms with E-state index in [9.17, 15) is 4.79 Å². The van der Waals surface area contributed by atoms with E-state index < -0.39 is 0 Å². The summed E-state index contributed by atoms with van der Waals surface area (Å²) in [5.41, 5.74) is 3.06. The molecule has 1 saturated heterocycles. The third kappa shape index (κ3) is 4.79. The fraction of sp³-hybridized carbons (Fsp3) is 0.273. The number of carbonyl (C=O) groups excluding carboxylic acids is 1. The Labute approximate surface area is 174 Å². The molecule has 4 rings (SSSR count). The zero-order valence-corrected chi connectivity index (χ0v) is 17.1. The predicted molar refractivity (Wildman–Crippen MR) is 114 cm³/mol. The Bertz CT molecular complexity index is 944. The van der Waals surface area contributed by atoms with Crippen LogP contribution in [0, 0.1) is 0 Å². The normalized spacial score (nSPS) is 18.9. The molecule has 1 fully saturated rings. The van der Waals surface area contributed by atoms with Crippen LogP contribution in [-0.4, -0.2) is 30.0 Å². The first kappa shape index (κ1) is 19.1.